The number of carbonyl (C=O) groups is 1. The summed E-state index contributed by atoms with van der Waals surface area (Å²) in [5.74, 6) is -0.462. The standard InChI is InChI=1S/C20H17N3O2/c1-13(2)15-4-3-5-17(10-15)23-20(25)18-11-16(12-22-19(18)24)14-6-8-21-9-7-14/h3-12H,1H2,2H3,(H,22,24)(H,23,25). The van der Waals surface area contributed by atoms with Crippen LogP contribution in [0.25, 0.3) is 16.7 Å². The van der Waals surface area contributed by atoms with Crippen LogP contribution in [0.3, 0.4) is 0 Å². The predicted octanol–water partition coefficient (Wildman–Crippen LogP) is 3.72. The predicted molar refractivity (Wildman–Crippen MR) is 99.4 cm³/mol. The third-order valence-corrected chi connectivity index (χ3v) is 3.77. The van der Waals surface area contributed by atoms with E-state index in [4.69, 9.17) is 0 Å². The highest BCUT2D eigenvalue weighted by Crippen LogP contribution is 2.19. The van der Waals surface area contributed by atoms with E-state index in [0.717, 1.165) is 22.3 Å². The third-order valence-electron chi connectivity index (χ3n) is 3.77. The van der Waals surface area contributed by atoms with Gasteiger partial charge in [-0.3, -0.25) is 14.6 Å². The normalized spacial score (nSPS) is 10.3. The topological polar surface area (TPSA) is 74.8 Å². The number of nitrogens with zero attached hydrogens (tertiary/aromatic N) is 1. The van der Waals surface area contributed by atoms with Crippen LogP contribution in [-0.4, -0.2) is 15.9 Å². The lowest BCUT2D eigenvalue weighted by Gasteiger charge is -2.08. The molecule has 1 amide bonds. The lowest BCUT2D eigenvalue weighted by atomic mass is 10.1. The van der Waals surface area contributed by atoms with Gasteiger partial charge in [0.2, 0.25) is 0 Å². The highest BCUT2D eigenvalue weighted by Gasteiger charge is 2.13. The van der Waals surface area contributed by atoms with Gasteiger partial charge in [0, 0.05) is 24.3 Å². The summed E-state index contributed by atoms with van der Waals surface area (Å²) in [7, 11) is 0. The maximum atomic E-state index is 12.5. The van der Waals surface area contributed by atoms with E-state index < -0.39 is 11.5 Å². The molecule has 2 heterocycles. The summed E-state index contributed by atoms with van der Waals surface area (Å²) in [5.41, 5.74) is 3.65. The lowest BCUT2D eigenvalue weighted by molar-refractivity contribution is 0.102. The number of amides is 1. The Morgan fingerprint density at radius 3 is 2.60 bits per heavy atom. The Hall–Kier alpha value is -3.47. The maximum Gasteiger partial charge on any atom is 0.261 e. The number of rotatable bonds is 4. The van der Waals surface area contributed by atoms with Gasteiger partial charge in [-0.25, -0.2) is 0 Å². The van der Waals surface area contributed by atoms with Crippen LogP contribution in [-0.2, 0) is 0 Å². The number of anilines is 1. The van der Waals surface area contributed by atoms with E-state index in [1.165, 1.54) is 0 Å². The molecule has 0 bridgehead atoms. The van der Waals surface area contributed by atoms with Crippen molar-refractivity contribution in [2.75, 3.05) is 5.32 Å². The largest absolute Gasteiger partial charge is 0.328 e. The molecule has 0 fully saturated rings. The first-order valence-corrected chi connectivity index (χ1v) is 7.75. The molecule has 1 aromatic carbocycles. The Bertz CT molecular complexity index is 991. The van der Waals surface area contributed by atoms with Crippen molar-refractivity contribution in [2.45, 2.75) is 6.92 Å². The molecular formula is C20H17N3O2. The Labute approximate surface area is 145 Å². The van der Waals surface area contributed by atoms with Gasteiger partial charge in [0.05, 0.1) is 0 Å². The van der Waals surface area contributed by atoms with E-state index in [9.17, 15) is 9.59 Å². The Morgan fingerprint density at radius 1 is 1.12 bits per heavy atom. The molecule has 25 heavy (non-hydrogen) atoms. The van der Waals surface area contributed by atoms with Gasteiger partial charge in [-0.1, -0.05) is 24.3 Å². The molecule has 0 aliphatic carbocycles. The average molecular weight is 331 g/mol. The fraction of sp³-hybridized carbons (Fsp3) is 0.0500. The van der Waals surface area contributed by atoms with Crippen LogP contribution in [0.4, 0.5) is 5.69 Å². The minimum atomic E-state index is -0.462. The van der Waals surface area contributed by atoms with Crippen LogP contribution >= 0.6 is 0 Å². The molecule has 3 rings (SSSR count). The Kier molecular flexibility index (Phi) is 4.57. The monoisotopic (exact) mass is 331 g/mol. The second kappa shape index (κ2) is 6.97. The van der Waals surface area contributed by atoms with Crippen LogP contribution in [0.5, 0.6) is 0 Å². The van der Waals surface area contributed by atoms with Gasteiger partial charge >= 0.3 is 0 Å². The van der Waals surface area contributed by atoms with Crippen LogP contribution < -0.4 is 10.9 Å². The highest BCUT2D eigenvalue weighted by molar-refractivity contribution is 6.04. The van der Waals surface area contributed by atoms with E-state index in [2.05, 4.69) is 21.9 Å². The molecule has 5 nitrogen and oxygen atoms in total. The molecule has 124 valence electrons. The fourth-order valence-electron chi connectivity index (χ4n) is 2.42. The summed E-state index contributed by atoms with van der Waals surface area (Å²) in [6.07, 6.45) is 4.89. The zero-order valence-electron chi connectivity index (χ0n) is 13.7. The van der Waals surface area contributed by atoms with E-state index in [1.54, 1.807) is 30.7 Å². The quantitative estimate of drug-likeness (QED) is 0.765. The molecule has 0 unspecified atom stereocenters. The minimum Gasteiger partial charge on any atom is -0.328 e. The smallest absolute Gasteiger partial charge is 0.261 e. The first kappa shape index (κ1) is 16.4. The number of aromatic amines is 1. The molecule has 3 aromatic rings. The number of hydrogen-bond acceptors (Lipinski definition) is 3. The molecule has 0 atom stereocenters. The van der Waals surface area contributed by atoms with Crippen molar-refractivity contribution < 1.29 is 4.79 Å². The van der Waals surface area contributed by atoms with Gasteiger partial charge < -0.3 is 10.3 Å². The molecule has 0 aliphatic rings. The van der Waals surface area contributed by atoms with Crippen molar-refractivity contribution in [1.82, 2.24) is 9.97 Å². The summed E-state index contributed by atoms with van der Waals surface area (Å²) >= 11 is 0. The lowest BCUT2D eigenvalue weighted by Crippen LogP contribution is -2.23. The Balaban J connectivity index is 1.91. The number of carbonyl (C=O) groups excluding carboxylic acids is 1. The number of nitrogens with one attached hydrogen (secondary N) is 2. The molecule has 2 aromatic heterocycles. The fourth-order valence-corrected chi connectivity index (χ4v) is 2.42. The van der Waals surface area contributed by atoms with Gasteiger partial charge in [0.1, 0.15) is 5.56 Å². The summed E-state index contributed by atoms with van der Waals surface area (Å²) in [6.45, 7) is 5.78. The van der Waals surface area contributed by atoms with Gasteiger partial charge in [-0.15, -0.1) is 0 Å². The first-order chi connectivity index (χ1) is 12.0. The number of benzene rings is 1. The van der Waals surface area contributed by atoms with Crippen LogP contribution in [0, 0.1) is 0 Å². The zero-order valence-corrected chi connectivity index (χ0v) is 13.7. The molecular weight excluding hydrogens is 314 g/mol. The second-order valence-electron chi connectivity index (χ2n) is 5.68. The Morgan fingerprint density at radius 2 is 1.88 bits per heavy atom. The molecule has 0 saturated carbocycles. The SMILES string of the molecule is C=C(C)c1cccc(NC(=O)c2cc(-c3ccncc3)c[nH]c2=O)c1. The second-order valence-corrected chi connectivity index (χ2v) is 5.68. The van der Waals surface area contributed by atoms with E-state index in [1.807, 2.05) is 37.3 Å². The van der Waals surface area contributed by atoms with Gasteiger partial charge in [0.25, 0.3) is 11.5 Å². The number of allylic oxidation sites excluding steroid dienone is 1. The van der Waals surface area contributed by atoms with Crippen molar-refractivity contribution in [3.8, 4) is 11.1 Å². The molecule has 0 aliphatic heterocycles. The molecule has 2 N–H and O–H groups in total. The molecule has 0 radical (unpaired) electrons. The highest BCUT2D eigenvalue weighted by atomic mass is 16.2. The van der Waals surface area contributed by atoms with Crippen LogP contribution in [0.1, 0.15) is 22.8 Å². The van der Waals surface area contributed by atoms with E-state index in [0.29, 0.717) is 5.69 Å². The molecule has 5 heteroatoms. The van der Waals surface area contributed by atoms with Gasteiger partial charge in [-0.2, -0.15) is 0 Å². The van der Waals surface area contributed by atoms with Crippen LogP contribution in [0.15, 0.2) is 72.4 Å². The third kappa shape index (κ3) is 3.72. The van der Waals surface area contributed by atoms with Crippen LogP contribution in [0.2, 0.25) is 0 Å². The maximum absolute atomic E-state index is 12.5. The summed E-state index contributed by atoms with van der Waals surface area (Å²) in [5, 5.41) is 2.76. The van der Waals surface area contributed by atoms with Crippen molar-refractivity contribution >= 4 is 17.2 Å². The number of H-pyrrole nitrogens is 1. The zero-order chi connectivity index (χ0) is 17.8. The van der Waals surface area contributed by atoms with Gasteiger partial charge in [0.15, 0.2) is 0 Å². The first-order valence-electron chi connectivity index (χ1n) is 7.75. The van der Waals surface area contributed by atoms with Crippen molar-refractivity contribution in [1.29, 1.82) is 0 Å². The molecule has 0 saturated heterocycles. The molecule has 0 spiro atoms. The summed E-state index contributed by atoms with van der Waals surface area (Å²) in [4.78, 5) is 31.2. The van der Waals surface area contributed by atoms with Gasteiger partial charge in [-0.05, 0) is 53.9 Å². The number of pyridine rings is 2. The van der Waals surface area contributed by atoms with Crippen molar-refractivity contribution in [3.63, 3.8) is 0 Å². The average Bonchev–Trinajstić information content (AvgIpc) is 2.63. The summed E-state index contributed by atoms with van der Waals surface area (Å²) < 4.78 is 0. The van der Waals surface area contributed by atoms with E-state index >= 15 is 0 Å². The van der Waals surface area contributed by atoms with Crippen molar-refractivity contribution in [3.05, 3.63) is 89.1 Å². The summed E-state index contributed by atoms with van der Waals surface area (Å²) in [6, 6.07) is 12.5. The minimum absolute atomic E-state index is 0.0510. The number of aromatic nitrogens is 2. The van der Waals surface area contributed by atoms with Crippen molar-refractivity contribution in [2.24, 2.45) is 0 Å². The number of hydrogen-bond donors (Lipinski definition) is 2. The van der Waals surface area contributed by atoms with E-state index in [-0.39, 0.29) is 5.56 Å².